The van der Waals surface area contributed by atoms with Crippen LogP contribution in [0.15, 0.2) is 174 Å². The summed E-state index contributed by atoms with van der Waals surface area (Å²) in [6.07, 6.45) is 1.68. The zero-order valence-electron chi connectivity index (χ0n) is 37.0. The Morgan fingerprint density at radius 3 is 1.98 bits per heavy atom. The first-order valence-electron chi connectivity index (χ1n) is 21.0. The predicted molar refractivity (Wildman–Crippen MR) is 196 cm³/mol. The van der Waals surface area contributed by atoms with Crippen LogP contribution in [0, 0.1) is 0 Å². The van der Waals surface area contributed by atoms with Gasteiger partial charge in [0.2, 0.25) is 0 Å². The van der Waals surface area contributed by atoms with Crippen molar-refractivity contribution in [1.29, 1.82) is 0 Å². The SMILES string of the molecule is [2H]c1c([2H])c([2H])c(-c2c([2H])c([2H])c(-c3c([2H])c([2H])c([2H])c(-c4ccc5sc6c(-c7cccc(-c8cccc9occc89)c7)cccc6c5c4)c3[2H])c([2H])c2[2H])c([2H])c1[2H]. The van der Waals surface area contributed by atoms with E-state index in [0.29, 0.717) is 5.56 Å². The van der Waals surface area contributed by atoms with E-state index in [9.17, 15) is 1.37 Å². The molecule has 0 spiro atoms. The van der Waals surface area contributed by atoms with Gasteiger partial charge in [-0.25, -0.2) is 0 Å². The fourth-order valence-electron chi connectivity index (χ4n) is 5.83. The van der Waals surface area contributed by atoms with Crippen molar-refractivity contribution in [2.75, 3.05) is 0 Å². The van der Waals surface area contributed by atoms with Gasteiger partial charge in [-0.2, -0.15) is 0 Å². The lowest BCUT2D eigenvalue weighted by atomic mass is 9.95. The summed E-state index contributed by atoms with van der Waals surface area (Å²) in [6.45, 7) is 0. The van der Waals surface area contributed by atoms with E-state index >= 15 is 0 Å². The number of hydrogen-bond donors (Lipinski definition) is 0. The molecule has 2 heteroatoms. The highest BCUT2D eigenvalue weighted by Gasteiger charge is 2.14. The lowest BCUT2D eigenvalue weighted by Gasteiger charge is -2.09. The third kappa shape index (κ3) is 4.63. The van der Waals surface area contributed by atoms with Crippen LogP contribution in [0.3, 0.4) is 0 Å². The quantitative estimate of drug-likeness (QED) is 0.187. The molecule has 0 amide bonds. The van der Waals surface area contributed by atoms with Crippen molar-refractivity contribution in [1.82, 2.24) is 0 Å². The van der Waals surface area contributed by atoms with Crippen LogP contribution in [0.4, 0.5) is 0 Å². The molecule has 0 N–H and O–H groups in total. The molecule has 9 rings (SSSR count). The van der Waals surface area contributed by atoms with Gasteiger partial charge in [-0.15, -0.1) is 11.3 Å². The smallest absolute Gasteiger partial charge is 0.134 e. The third-order valence-electron chi connectivity index (χ3n) is 8.02. The van der Waals surface area contributed by atoms with Gasteiger partial charge in [0.25, 0.3) is 0 Å². The maximum atomic E-state index is 9.37. The first-order chi connectivity index (χ1) is 28.2. The first-order valence-corrected chi connectivity index (χ1v) is 15.3. The van der Waals surface area contributed by atoms with Gasteiger partial charge >= 0.3 is 0 Å². The Morgan fingerprint density at radius 1 is 0.457 bits per heavy atom. The highest BCUT2D eigenvalue weighted by atomic mass is 32.1. The van der Waals surface area contributed by atoms with E-state index in [4.69, 9.17) is 20.9 Å². The van der Waals surface area contributed by atoms with Gasteiger partial charge in [0.15, 0.2) is 0 Å². The molecule has 9 aromatic rings. The molecule has 0 aliphatic heterocycles. The number of rotatable bonds is 5. The average molecular weight is 618 g/mol. The molecule has 0 radical (unpaired) electrons. The molecule has 0 aliphatic carbocycles. The minimum atomic E-state index is -0.743. The summed E-state index contributed by atoms with van der Waals surface area (Å²) >= 11 is 1.59. The largest absolute Gasteiger partial charge is 0.464 e. The summed E-state index contributed by atoms with van der Waals surface area (Å²) in [5.74, 6) is 0. The van der Waals surface area contributed by atoms with Gasteiger partial charge in [-0.05, 0) is 92.0 Å². The molecule has 0 saturated carbocycles. The van der Waals surface area contributed by atoms with Crippen LogP contribution in [-0.2, 0) is 0 Å². The van der Waals surface area contributed by atoms with Gasteiger partial charge in [-0.3, -0.25) is 0 Å². The Labute approximate surface area is 289 Å². The van der Waals surface area contributed by atoms with Crippen LogP contribution in [0.25, 0.3) is 86.8 Å². The molecular formula is C44H28OS. The lowest BCUT2D eigenvalue weighted by Crippen LogP contribution is -1.83. The zero-order valence-corrected chi connectivity index (χ0v) is 24.8. The highest BCUT2D eigenvalue weighted by Crippen LogP contribution is 2.42. The first kappa shape index (κ1) is 16.6. The molecule has 7 aromatic carbocycles. The standard InChI is InChI=1S/C44H28OS/c1-2-8-29(9-3-1)30-18-20-31(21-19-30)32-10-4-11-33(26-32)34-22-23-43-41(28-34)40-16-6-15-38(44(40)46-43)36-13-5-12-35(27-36)37-14-7-17-42-39(37)24-25-45-42/h1-28H/i1D,2D,3D,4D,8D,9D,10D,11D,18D,19D,20D,21D,26D. The number of hydrogen-bond acceptors (Lipinski definition) is 2. The minimum absolute atomic E-state index is 0.0360. The highest BCUT2D eigenvalue weighted by molar-refractivity contribution is 7.26. The van der Waals surface area contributed by atoms with Crippen LogP contribution in [0.2, 0.25) is 0 Å². The van der Waals surface area contributed by atoms with Crippen molar-refractivity contribution in [2.45, 2.75) is 0 Å². The van der Waals surface area contributed by atoms with Gasteiger partial charge < -0.3 is 4.42 Å². The molecule has 0 atom stereocenters. The number of fused-ring (bicyclic) bond motifs is 4. The normalized spacial score (nSPS) is 15.4. The molecule has 0 aliphatic rings. The Morgan fingerprint density at radius 2 is 1.13 bits per heavy atom. The van der Waals surface area contributed by atoms with E-state index in [1.807, 2.05) is 48.5 Å². The molecular weight excluding hydrogens is 577 g/mol. The summed E-state index contributed by atoms with van der Waals surface area (Å²) in [5.41, 5.74) is 3.34. The van der Waals surface area contributed by atoms with E-state index < -0.39 is 101 Å². The second-order valence-corrected chi connectivity index (χ2v) is 11.8. The van der Waals surface area contributed by atoms with E-state index in [2.05, 4.69) is 30.3 Å². The van der Waals surface area contributed by atoms with Crippen molar-refractivity contribution in [3.8, 4) is 55.6 Å². The molecule has 0 unspecified atom stereocenters. The summed E-state index contributed by atoms with van der Waals surface area (Å²) < 4.78 is 120. The Bertz CT molecular complexity index is 3220. The fourth-order valence-corrected chi connectivity index (χ4v) is 7.05. The molecule has 0 bridgehead atoms. The Balaban J connectivity index is 1.20. The maximum absolute atomic E-state index is 9.37. The van der Waals surface area contributed by atoms with Gasteiger partial charge in [0, 0.05) is 25.6 Å². The Kier molecular flexibility index (Phi) is 3.97. The molecule has 216 valence electrons. The van der Waals surface area contributed by atoms with Gasteiger partial charge in [-0.1, -0.05) is 127 Å². The molecule has 46 heavy (non-hydrogen) atoms. The van der Waals surface area contributed by atoms with Crippen LogP contribution in [-0.4, -0.2) is 0 Å². The maximum Gasteiger partial charge on any atom is 0.134 e. The topological polar surface area (TPSA) is 13.1 Å². The predicted octanol–water partition coefficient (Wildman–Crippen LogP) is 13.1. The summed E-state index contributed by atoms with van der Waals surface area (Å²) in [4.78, 5) is 0. The van der Waals surface area contributed by atoms with Crippen molar-refractivity contribution >= 4 is 42.5 Å². The lowest BCUT2D eigenvalue weighted by molar-refractivity contribution is 0.616. The third-order valence-corrected chi connectivity index (χ3v) is 9.24. The van der Waals surface area contributed by atoms with E-state index in [1.54, 1.807) is 23.7 Å². The number of thiophene rings is 1. The zero-order chi connectivity index (χ0) is 41.8. The second-order valence-electron chi connectivity index (χ2n) is 10.7. The van der Waals surface area contributed by atoms with E-state index in [1.165, 1.54) is 0 Å². The van der Waals surface area contributed by atoms with Gasteiger partial charge in [0.05, 0.1) is 24.1 Å². The van der Waals surface area contributed by atoms with Gasteiger partial charge in [0.1, 0.15) is 5.58 Å². The van der Waals surface area contributed by atoms with Crippen molar-refractivity contribution < 1.29 is 22.2 Å². The summed E-state index contributed by atoms with van der Waals surface area (Å²) in [7, 11) is 0. The van der Waals surface area contributed by atoms with Crippen molar-refractivity contribution in [3.05, 3.63) is 170 Å². The monoisotopic (exact) mass is 617 g/mol. The molecule has 0 fully saturated rings. The Hall–Kier alpha value is -5.70. The van der Waals surface area contributed by atoms with Crippen LogP contribution in [0.5, 0.6) is 0 Å². The van der Waals surface area contributed by atoms with Crippen LogP contribution in [0.1, 0.15) is 17.8 Å². The van der Waals surface area contributed by atoms with Crippen LogP contribution >= 0.6 is 11.3 Å². The van der Waals surface area contributed by atoms with Crippen molar-refractivity contribution in [3.63, 3.8) is 0 Å². The summed E-state index contributed by atoms with van der Waals surface area (Å²) in [5, 5.41) is 2.77. The molecule has 1 nitrogen and oxygen atoms in total. The molecule has 2 heterocycles. The number of benzene rings is 7. The van der Waals surface area contributed by atoms with E-state index in [-0.39, 0.29) is 5.56 Å². The van der Waals surface area contributed by atoms with Crippen molar-refractivity contribution in [2.24, 2.45) is 0 Å². The fraction of sp³-hybridized carbons (Fsp3) is 0. The molecule has 0 saturated heterocycles. The van der Waals surface area contributed by atoms with E-state index in [0.717, 1.165) is 53.4 Å². The van der Waals surface area contributed by atoms with Crippen LogP contribution < -0.4 is 0 Å². The summed E-state index contributed by atoms with van der Waals surface area (Å²) in [6, 6.07) is 19.1. The molecule has 2 aromatic heterocycles. The second kappa shape index (κ2) is 11.0. The number of furan rings is 1. The minimum Gasteiger partial charge on any atom is -0.464 e. The average Bonchev–Trinajstić information content (AvgIpc) is 3.88.